The van der Waals surface area contributed by atoms with Crippen molar-refractivity contribution in [3.8, 4) is 0 Å². The van der Waals surface area contributed by atoms with E-state index in [4.69, 9.17) is 0 Å². The van der Waals surface area contributed by atoms with E-state index in [2.05, 4.69) is 5.32 Å². The van der Waals surface area contributed by atoms with Gasteiger partial charge in [-0.25, -0.2) is 0 Å². The van der Waals surface area contributed by atoms with Crippen LogP contribution in [0.25, 0.3) is 0 Å². The fraction of sp³-hybridized carbons (Fsp3) is 0.923. The largest absolute Gasteiger partial charge is 0.396 e. The minimum atomic E-state index is -0.0281. The van der Waals surface area contributed by atoms with Gasteiger partial charge in [-0.2, -0.15) is 11.8 Å². The van der Waals surface area contributed by atoms with Gasteiger partial charge in [-0.15, -0.1) is 0 Å². The first kappa shape index (κ1) is 13.2. The van der Waals surface area contributed by atoms with Crippen molar-refractivity contribution < 1.29 is 9.90 Å². The van der Waals surface area contributed by atoms with Crippen molar-refractivity contribution in [2.45, 2.75) is 38.5 Å². The highest BCUT2D eigenvalue weighted by Gasteiger charge is 2.33. The van der Waals surface area contributed by atoms with Gasteiger partial charge in [0.2, 0.25) is 5.91 Å². The van der Waals surface area contributed by atoms with E-state index >= 15 is 0 Å². The molecule has 1 aliphatic heterocycles. The van der Waals surface area contributed by atoms with Crippen LogP contribution in [0, 0.1) is 11.3 Å². The number of rotatable bonds is 4. The summed E-state index contributed by atoms with van der Waals surface area (Å²) in [5.41, 5.74) is -0.0281. The number of nitrogens with one attached hydrogen (secondary N) is 1. The number of aliphatic hydroxyl groups excluding tert-OH is 1. The van der Waals surface area contributed by atoms with Crippen LogP contribution in [-0.2, 0) is 4.79 Å². The summed E-state index contributed by atoms with van der Waals surface area (Å²) in [6.45, 7) is 0.885. The second-order valence-corrected chi connectivity index (χ2v) is 6.65. The van der Waals surface area contributed by atoms with Crippen molar-refractivity contribution in [2.75, 3.05) is 24.7 Å². The first-order valence-electron chi connectivity index (χ1n) is 6.72. The van der Waals surface area contributed by atoms with Crippen LogP contribution < -0.4 is 5.32 Å². The molecule has 4 heteroatoms. The van der Waals surface area contributed by atoms with Gasteiger partial charge in [0.25, 0.3) is 0 Å². The van der Waals surface area contributed by atoms with E-state index in [1.54, 1.807) is 0 Å². The Bertz CT molecular complexity index is 258. The fourth-order valence-corrected chi connectivity index (χ4v) is 4.07. The molecule has 1 amide bonds. The minimum absolute atomic E-state index is 0.0281. The Morgan fingerprint density at radius 1 is 1.35 bits per heavy atom. The van der Waals surface area contributed by atoms with Crippen LogP contribution in [0.5, 0.6) is 0 Å². The lowest BCUT2D eigenvalue weighted by molar-refractivity contribution is -0.125. The summed E-state index contributed by atoms with van der Waals surface area (Å²) in [6.07, 6.45) is 6.79. The van der Waals surface area contributed by atoms with Gasteiger partial charge in [0.1, 0.15) is 0 Å². The van der Waals surface area contributed by atoms with Crippen molar-refractivity contribution in [1.29, 1.82) is 0 Å². The van der Waals surface area contributed by atoms with Crippen LogP contribution in [0.4, 0.5) is 0 Å². The van der Waals surface area contributed by atoms with Crippen molar-refractivity contribution >= 4 is 17.7 Å². The van der Waals surface area contributed by atoms with Gasteiger partial charge in [0, 0.05) is 23.6 Å². The molecule has 0 aromatic carbocycles. The van der Waals surface area contributed by atoms with E-state index in [-0.39, 0.29) is 23.8 Å². The summed E-state index contributed by atoms with van der Waals surface area (Å²) >= 11 is 1.87. The van der Waals surface area contributed by atoms with E-state index in [1.165, 1.54) is 19.3 Å². The lowest BCUT2D eigenvalue weighted by atomic mass is 9.74. The number of carbonyl (C=O) groups is 1. The first-order chi connectivity index (χ1) is 8.26. The third kappa shape index (κ3) is 3.38. The molecule has 1 saturated heterocycles. The van der Waals surface area contributed by atoms with E-state index in [9.17, 15) is 9.90 Å². The highest BCUT2D eigenvalue weighted by molar-refractivity contribution is 7.99. The predicted molar refractivity (Wildman–Crippen MR) is 71.0 cm³/mol. The maximum atomic E-state index is 11.9. The number of thioether (sulfide) groups is 1. The maximum absolute atomic E-state index is 11.9. The number of carbonyl (C=O) groups excluding carboxylic acids is 1. The fourth-order valence-electron chi connectivity index (χ4n) is 2.85. The Morgan fingerprint density at radius 2 is 2.12 bits per heavy atom. The van der Waals surface area contributed by atoms with Crippen molar-refractivity contribution in [3.05, 3.63) is 0 Å². The average molecular weight is 257 g/mol. The smallest absolute Gasteiger partial charge is 0.223 e. The monoisotopic (exact) mass is 257 g/mol. The molecule has 98 valence electrons. The molecule has 2 N–H and O–H groups in total. The molecular formula is C13H23NO2S. The Morgan fingerprint density at radius 3 is 2.71 bits per heavy atom. The predicted octanol–water partition coefficient (Wildman–Crippen LogP) is 1.80. The molecule has 1 atom stereocenters. The zero-order valence-electron chi connectivity index (χ0n) is 10.4. The standard InChI is InChI=1S/C13H23NO2S/c15-10-13(5-2-1-3-6-13)9-14-12(16)11-4-7-17-8-11/h11,15H,1-10H2,(H,14,16). The number of hydrogen-bond acceptors (Lipinski definition) is 3. The van der Waals surface area contributed by atoms with Gasteiger partial charge in [-0.3, -0.25) is 4.79 Å². The van der Waals surface area contributed by atoms with Gasteiger partial charge in [0.05, 0.1) is 6.61 Å². The van der Waals surface area contributed by atoms with Crippen molar-refractivity contribution in [3.63, 3.8) is 0 Å². The van der Waals surface area contributed by atoms with Crippen molar-refractivity contribution in [2.24, 2.45) is 11.3 Å². The molecule has 0 aromatic heterocycles. The molecule has 0 aromatic rings. The second kappa shape index (κ2) is 6.10. The molecule has 0 bridgehead atoms. The van der Waals surface area contributed by atoms with E-state index in [0.717, 1.165) is 30.8 Å². The zero-order valence-corrected chi connectivity index (χ0v) is 11.2. The third-order valence-electron chi connectivity index (χ3n) is 4.19. The minimum Gasteiger partial charge on any atom is -0.396 e. The van der Waals surface area contributed by atoms with E-state index in [0.29, 0.717) is 6.54 Å². The normalized spacial score (nSPS) is 27.9. The molecule has 1 unspecified atom stereocenters. The molecule has 17 heavy (non-hydrogen) atoms. The Balaban J connectivity index is 1.80. The number of aliphatic hydroxyl groups is 1. The van der Waals surface area contributed by atoms with Crippen molar-refractivity contribution in [1.82, 2.24) is 5.32 Å². The SMILES string of the molecule is O=C(NCC1(CO)CCCCC1)C1CCSC1. The molecule has 2 fully saturated rings. The van der Waals surface area contributed by atoms with Crippen LogP contribution in [0.2, 0.25) is 0 Å². The van der Waals surface area contributed by atoms with Crippen LogP contribution >= 0.6 is 11.8 Å². The Kier molecular flexibility index (Phi) is 4.74. The number of hydrogen-bond donors (Lipinski definition) is 2. The third-order valence-corrected chi connectivity index (χ3v) is 5.35. The molecule has 1 heterocycles. The summed E-state index contributed by atoms with van der Waals surface area (Å²) in [7, 11) is 0. The lowest BCUT2D eigenvalue weighted by Crippen LogP contribution is -2.43. The number of amides is 1. The van der Waals surface area contributed by atoms with Crippen LogP contribution in [-0.4, -0.2) is 35.7 Å². The molecule has 0 radical (unpaired) electrons. The maximum Gasteiger partial charge on any atom is 0.223 e. The van der Waals surface area contributed by atoms with Gasteiger partial charge in [0.15, 0.2) is 0 Å². The van der Waals surface area contributed by atoms with Crippen LogP contribution in [0.1, 0.15) is 38.5 Å². The van der Waals surface area contributed by atoms with Crippen LogP contribution in [0.15, 0.2) is 0 Å². The van der Waals surface area contributed by atoms with Crippen LogP contribution in [0.3, 0.4) is 0 Å². The molecule has 0 spiro atoms. The lowest BCUT2D eigenvalue weighted by Gasteiger charge is -2.35. The van der Waals surface area contributed by atoms with Gasteiger partial charge in [-0.05, 0) is 25.0 Å². The quantitative estimate of drug-likeness (QED) is 0.807. The first-order valence-corrected chi connectivity index (χ1v) is 7.88. The molecule has 2 rings (SSSR count). The summed E-state index contributed by atoms with van der Waals surface area (Å²) in [5.74, 6) is 2.49. The zero-order chi connectivity index (χ0) is 12.1. The van der Waals surface area contributed by atoms with Gasteiger partial charge in [-0.1, -0.05) is 19.3 Å². The second-order valence-electron chi connectivity index (χ2n) is 5.50. The molecule has 3 nitrogen and oxygen atoms in total. The highest BCUT2D eigenvalue weighted by atomic mass is 32.2. The molecular weight excluding hydrogens is 234 g/mol. The summed E-state index contributed by atoms with van der Waals surface area (Å²) < 4.78 is 0. The van der Waals surface area contributed by atoms with Gasteiger partial charge >= 0.3 is 0 Å². The van der Waals surface area contributed by atoms with Gasteiger partial charge < -0.3 is 10.4 Å². The summed E-state index contributed by atoms with van der Waals surface area (Å²) in [5, 5.41) is 12.6. The highest BCUT2D eigenvalue weighted by Crippen LogP contribution is 2.35. The van der Waals surface area contributed by atoms with E-state index < -0.39 is 0 Å². The topological polar surface area (TPSA) is 49.3 Å². The summed E-state index contributed by atoms with van der Waals surface area (Å²) in [6, 6.07) is 0. The summed E-state index contributed by atoms with van der Waals surface area (Å²) in [4.78, 5) is 11.9. The molecule has 1 saturated carbocycles. The Hall–Kier alpha value is -0.220. The molecule has 2 aliphatic rings. The Labute approximate surface area is 108 Å². The van der Waals surface area contributed by atoms with E-state index in [1.807, 2.05) is 11.8 Å². The molecule has 1 aliphatic carbocycles. The average Bonchev–Trinajstić information content (AvgIpc) is 2.91.